The largest absolute Gasteiger partial charge is 0.384 e. The number of likely N-dealkylation sites (tertiary alicyclic amines) is 1. The quantitative estimate of drug-likeness (QED) is 0.605. The highest BCUT2D eigenvalue weighted by Crippen LogP contribution is 2.24. The zero-order valence-electron chi connectivity index (χ0n) is 18.7. The Morgan fingerprint density at radius 2 is 1.76 bits per heavy atom. The van der Waals surface area contributed by atoms with E-state index in [0.29, 0.717) is 37.6 Å². The highest BCUT2D eigenvalue weighted by atomic mass is 16.5. The van der Waals surface area contributed by atoms with Gasteiger partial charge in [-0.05, 0) is 57.3 Å². The standard InChI is InChI=1S/C22H41N3O4/c1-15(2)21(26)24-20(16(3)29-14-17-7-9-19(23)10-8-17)22(27)25-11-5-6-18(12-25)13-28-4/h15-20H,5-14,23H2,1-4H3,(H,24,26). The Morgan fingerprint density at radius 1 is 1.07 bits per heavy atom. The van der Waals surface area contributed by atoms with E-state index in [9.17, 15) is 9.59 Å². The minimum Gasteiger partial charge on any atom is -0.384 e. The van der Waals surface area contributed by atoms with E-state index in [2.05, 4.69) is 5.32 Å². The highest BCUT2D eigenvalue weighted by molar-refractivity contribution is 5.88. The van der Waals surface area contributed by atoms with Gasteiger partial charge in [0.25, 0.3) is 0 Å². The molecule has 0 aromatic heterocycles. The van der Waals surface area contributed by atoms with Crippen LogP contribution in [0.2, 0.25) is 0 Å². The summed E-state index contributed by atoms with van der Waals surface area (Å²) in [6.45, 7) is 8.24. The third-order valence-electron chi connectivity index (χ3n) is 6.28. The van der Waals surface area contributed by atoms with Crippen LogP contribution in [0.1, 0.15) is 59.3 Å². The molecule has 3 N–H and O–H groups in total. The van der Waals surface area contributed by atoms with Gasteiger partial charge in [0.15, 0.2) is 0 Å². The minimum atomic E-state index is -0.656. The summed E-state index contributed by atoms with van der Waals surface area (Å²) >= 11 is 0. The van der Waals surface area contributed by atoms with Crippen molar-refractivity contribution in [1.29, 1.82) is 0 Å². The number of carbonyl (C=O) groups excluding carboxylic acids is 2. The lowest BCUT2D eigenvalue weighted by Crippen LogP contribution is -2.57. The van der Waals surface area contributed by atoms with E-state index in [-0.39, 0.29) is 23.8 Å². The number of methoxy groups -OCH3 is 1. The molecular weight excluding hydrogens is 370 g/mol. The van der Waals surface area contributed by atoms with E-state index in [1.54, 1.807) is 7.11 Å². The number of ether oxygens (including phenoxy) is 2. The molecule has 0 bridgehead atoms. The first-order valence-corrected chi connectivity index (χ1v) is 11.3. The van der Waals surface area contributed by atoms with Crippen LogP contribution >= 0.6 is 0 Å². The average molecular weight is 412 g/mol. The van der Waals surface area contributed by atoms with Crippen LogP contribution in [0.3, 0.4) is 0 Å². The first-order valence-electron chi connectivity index (χ1n) is 11.3. The van der Waals surface area contributed by atoms with Crippen molar-refractivity contribution in [3.8, 4) is 0 Å². The Bertz CT molecular complexity index is 518. The van der Waals surface area contributed by atoms with E-state index >= 15 is 0 Å². The van der Waals surface area contributed by atoms with Crippen molar-refractivity contribution >= 4 is 11.8 Å². The van der Waals surface area contributed by atoms with Gasteiger partial charge in [0, 0.05) is 38.8 Å². The number of nitrogens with one attached hydrogen (secondary N) is 1. The molecule has 7 nitrogen and oxygen atoms in total. The fraction of sp³-hybridized carbons (Fsp3) is 0.909. The van der Waals surface area contributed by atoms with Gasteiger partial charge in [0.2, 0.25) is 11.8 Å². The molecule has 168 valence electrons. The molecule has 1 aliphatic heterocycles. The third kappa shape index (κ3) is 7.54. The second-order valence-corrected chi connectivity index (χ2v) is 9.21. The normalized spacial score (nSPS) is 27.5. The van der Waals surface area contributed by atoms with Crippen LogP contribution < -0.4 is 11.1 Å². The van der Waals surface area contributed by atoms with Gasteiger partial charge in [-0.25, -0.2) is 0 Å². The fourth-order valence-corrected chi connectivity index (χ4v) is 4.27. The molecule has 3 atom stereocenters. The summed E-state index contributed by atoms with van der Waals surface area (Å²) in [5.74, 6) is 0.488. The molecule has 0 aromatic carbocycles. The van der Waals surface area contributed by atoms with E-state index in [0.717, 1.165) is 45.1 Å². The smallest absolute Gasteiger partial charge is 0.247 e. The summed E-state index contributed by atoms with van der Waals surface area (Å²) in [5.41, 5.74) is 5.99. The second kappa shape index (κ2) is 11.9. The number of hydrogen-bond acceptors (Lipinski definition) is 5. The Morgan fingerprint density at radius 3 is 2.38 bits per heavy atom. The maximum Gasteiger partial charge on any atom is 0.247 e. The van der Waals surface area contributed by atoms with Crippen LogP contribution in [0, 0.1) is 17.8 Å². The van der Waals surface area contributed by atoms with Gasteiger partial charge in [0.1, 0.15) is 6.04 Å². The van der Waals surface area contributed by atoms with Crippen LogP contribution in [0.25, 0.3) is 0 Å². The van der Waals surface area contributed by atoms with Gasteiger partial charge in [-0.15, -0.1) is 0 Å². The highest BCUT2D eigenvalue weighted by Gasteiger charge is 2.34. The average Bonchev–Trinajstić information content (AvgIpc) is 2.71. The molecule has 2 rings (SSSR count). The summed E-state index contributed by atoms with van der Waals surface area (Å²) in [7, 11) is 1.69. The second-order valence-electron chi connectivity index (χ2n) is 9.21. The summed E-state index contributed by atoms with van der Waals surface area (Å²) in [6.07, 6.45) is 5.85. The number of amides is 2. The molecule has 2 amide bonds. The van der Waals surface area contributed by atoms with Crippen LogP contribution in [-0.2, 0) is 19.1 Å². The van der Waals surface area contributed by atoms with Crippen LogP contribution in [0.15, 0.2) is 0 Å². The Balaban J connectivity index is 1.98. The Hall–Kier alpha value is -1.18. The summed E-state index contributed by atoms with van der Waals surface area (Å²) in [4.78, 5) is 27.6. The van der Waals surface area contributed by atoms with E-state index in [4.69, 9.17) is 15.2 Å². The van der Waals surface area contributed by atoms with Crippen molar-refractivity contribution in [3.63, 3.8) is 0 Å². The summed E-state index contributed by atoms with van der Waals surface area (Å²) in [5, 5.41) is 2.95. The molecular formula is C22H41N3O4. The van der Waals surface area contributed by atoms with Crippen molar-refractivity contribution in [2.45, 2.75) is 77.5 Å². The minimum absolute atomic E-state index is 0.0435. The summed E-state index contributed by atoms with van der Waals surface area (Å²) < 4.78 is 11.4. The van der Waals surface area contributed by atoms with Crippen molar-refractivity contribution in [2.75, 3.05) is 33.4 Å². The zero-order valence-corrected chi connectivity index (χ0v) is 18.7. The van der Waals surface area contributed by atoms with Crippen molar-refractivity contribution in [1.82, 2.24) is 10.2 Å². The summed E-state index contributed by atoms with van der Waals surface area (Å²) in [6, 6.07) is -0.348. The lowest BCUT2D eigenvalue weighted by molar-refractivity contribution is -0.143. The molecule has 7 heteroatoms. The number of rotatable bonds is 9. The molecule has 3 unspecified atom stereocenters. The lowest BCUT2D eigenvalue weighted by Gasteiger charge is -2.37. The van der Waals surface area contributed by atoms with Gasteiger partial charge in [0.05, 0.1) is 12.7 Å². The zero-order chi connectivity index (χ0) is 21.4. The van der Waals surface area contributed by atoms with Crippen LogP contribution in [-0.4, -0.2) is 68.3 Å². The molecule has 29 heavy (non-hydrogen) atoms. The lowest BCUT2D eigenvalue weighted by atomic mass is 9.87. The Kier molecular flexibility index (Phi) is 9.86. The monoisotopic (exact) mass is 411 g/mol. The van der Waals surface area contributed by atoms with E-state index < -0.39 is 6.04 Å². The Labute approximate surface area is 176 Å². The molecule has 0 radical (unpaired) electrons. The topological polar surface area (TPSA) is 93.9 Å². The SMILES string of the molecule is COCC1CCCN(C(=O)C(NC(=O)C(C)C)C(C)OCC2CCC(N)CC2)C1. The molecule has 0 aromatic rings. The van der Waals surface area contributed by atoms with Gasteiger partial charge < -0.3 is 25.4 Å². The molecule has 1 aliphatic carbocycles. The molecule has 2 fully saturated rings. The van der Waals surface area contributed by atoms with Gasteiger partial charge in [-0.1, -0.05) is 13.8 Å². The molecule has 1 saturated carbocycles. The van der Waals surface area contributed by atoms with E-state index in [1.165, 1.54) is 0 Å². The van der Waals surface area contributed by atoms with Crippen molar-refractivity contribution in [3.05, 3.63) is 0 Å². The third-order valence-corrected chi connectivity index (χ3v) is 6.28. The number of piperidine rings is 1. The van der Waals surface area contributed by atoms with Gasteiger partial charge in [-0.3, -0.25) is 9.59 Å². The van der Waals surface area contributed by atoms with Crippen molar-refractivity contribution < 1.29 is 19.1 Å². The number of nitrogens with zero attached hydrogens (tertiary/aromatic N) is 1. The number of carbonyl (C=O) groups is 2. The maximum absolute atomic E-state index is 13.3. The van der Waals surface area contributed by atoms with E-state index in [1.807, 2.05) is 25.7 Å². The predicted octanol–water partition coefficient (Wildman–Crippen LogP) is 1.93. The van der Waals surface area contributed by atoms with Crippen molar-refractivity contribution in [2.24, 2.45) is 23.5 Å². The van der Waals surface area contributed by atoms with Crippen LogP contribution in [0.4, 0.5) is 0 Å². The van der Waals surface area contributed by atoms with Gasteiger partial charge >= 0.3 is 0 Å². The molecule has 1 heterocycles. The predicted molar refractivity (Wildman–Crippen MR) is 113 cm³/mol. The molecule has 0 spiro atoms. The maximum atomic E-state index is 13.3. The van der Waals surface area contributed by atoms with Crippen LogP contribution in [0.5, 0.6) is 0 Å². The number of nitrogens with two attached hydrogens (primary N) is 1. The first kappa shape index (κ1) is 24.1. The van der Waals surface area contributed by atoms with Gasteiger partial charge in [-0.2, -0.15) is 0 Å². The number of hydrogen-bond donors (Lipinski definition) is 2. The first-order chi connectivity index (χ1) is 13.8. The fourth-order valence-electron chi connectivity index (χ4n) is 4.27. The molecule has 2 aliphatic rings. The molecule has 1 saturated heterocycles.